The Hall–Kier alpha value is -1.41. The summed E-state index contributed by atoms with van der Waals surface area (Å²) in [6.45, 7) is 7.47. The zero-order valence-corrected chi connectivity index (χ0v) is 13.7. The molecule has 1 aliphatic heterocycles. The Morgan fingerprint density at radius 3 is 2.67 bits per heavy atom. The number of benzene rings is 2. The Morgan fingerprint density at radius 2 is 1.90 bits per heavy atom. The summed E-state index contributed by atoms with van der Waals surface area (Å²) < 4.78 is 6.04. The third-order valence-corrected chi connectivity index (χ3v) is 5.14. The second kappa shape index (κ2) is 5.76. The van der Waals surface area contributed by atoms with Crippen molar-refractivity contribution in [3.63, 3.8) is 0 Å². The van der Waals surface area contributed by atoms with Gasteiger partial charge in [0.2, 0.25) is 0 Å². The van der Waals surface area contributed by atoms with Gasteiger partial charge in [0, 0.05) is 10.1 Å². The smallest absolute Gasteiger partial charge is 0.119 e. The summed E-state index contributed by atoms with van der Waals surface area (Å²) in [5.74, 6) is 0.985. The van der Waals surface area contributed by atoms with Gasteiger partial charge in [-0.2, -0.15) is 0 Å². The van der Waals surface area contributed by atoms with Gasteiger partial charge in [-0.25, -0.2) is 0 Å². The lowest BCUT2D eigenvalue weighted by Crippen LogP contribution is -2.14. The molecule has 0 fully saturated rings. The number of thioether (sulfide) groups is 1. The molecule has 1 unspecified atom stereocenters. The Balaban J connectivity index is 1.62. The number of rotatable bonds is 3. The molecule has 1 heterocycles. The van der Waals surface area contributed by atoms with Gasteiger partial charge >= 0.3 is 0 Å². The predicted molar refractivity (Wildman–Crippen MR) is 90.4 cm³/mol. The van der Waals surface area contributed by atoms with Crippen molar-refractivity contribution in [2.45, 2.75) is 42.8 Å². The standard InChI is InChI=1S/C19H22OS/c1-19(2,3)15-8-6-9-16(12-15)20-13-17-11-14-7-4-5-10-18(14)21-17/h4-10,12,17H,11,13H2,1-3H3. The maximum absolute atomic E-state index is 6.04. The van der Waals surface area contributed by atoms with Crippen LogP contribution in [-0.2, 0) is 11.8 Å². The summed E-state index contributed by atoms with van der Waals surface area (Å²) in [5, 5.41) is 0.528. The lowest BCUT2D eigenvalue weighted by atomic mass is 9.87. The van der Waals surface area contributed by atoms with E-state index in [-0.39, 0.29) is 5.41 Å². The molecule has 3 rings (SSSR count). The van der Waals surface area contributed by atoms with Gasteiger partial charge in [0.05, 0.1) is 0 Å². The predicted octanol–water partition coefficient (Wildman–Crippen LogP) is 5.08. The van der Waals surface area contributed by atoms with Gasteiger partial charge < -0.3 is 4.74 Å². The lowest BCUT2D eigenvalue weighted by Gasteiger charge is -2.20. The number of fused-ring (bicyclic) bond motifs is 1. The summed E-state index contributed by atoms with van der Waals surface area (Å²) in [7, 11) is 0. The Morgan fingerprint density at radius 1 is 1.10 bits per heavy atom. The topological polar surface area (TPSA) is 9.23 Å². The molecule has 1 aliphatic rings. The molecule has 1 atom stereocenters. The van der Waals surface area contributed by atoms with Crippen LogP contribution in [-0.4, -0.2) is 11.9 Å². The maximum atomic E-state index is 6.04. The van der Waals surface area contributed by atoms with Crippen LogP contribution >= 0.6 is 11.8 Å². The van der Waals surface area contributed by atoms with Crippen LogP contribution < -0.4 is 4.74 Å². The fourth-order valence-corrected chi connectivity index (χ4v) is 3.81. The average molecular weight is 298 g/mol. The molecule has 0 bridgehead atoms. The highest BCUT2D eigenvalue weighted by Gasteiger charge is 2.22. The van der Waals surface area contributed by atoms with Crippen LogP contribution in [0.1, 0.15) is 31.9 Å². The molecular formula is C19H22OS. The monoisotopic (exact) mass is 298 g/mol. The molecule has 21 heavy (non-hydrogen) atoms. The van der Waals surface area contributed by atoms with Crippen LogP contribution in [0, 0.1) is 0 Å². The van der Waals surface area contributed by atoms with Gasteiger partial charge in [-0.1, -0.05) is 51.1 Å². The van der Waals surface area contributed by atoms with Crippen LogP contribution in [0.15, 0.2) is 53.4 Å². The molecule has 2 heteroatoms. The minimum Gasteiger partial charge on any atom is -0.492 e. The molecule has 0 amide bonds. The first kappa shape index (κ1) is 14.5. The highest BCUT2D eigenvalue weighted by Crippen LogP contribution is 2.37. The van der Waals surface area contributed by atoms with E-state index >= 15 is 0 Å². The summed E-state index contributed by atoms with van der Waals surface area (Å²) in [4.78, 5) is 1.41. The number of hydrogen-bond donors (Lipinski definition) is 0. The van der Waals surface area contributed by atoms with Crippen molar-refractivity contribution in [2.24, 2.45) is 0 Å². The molecule has 0 saturated heterocycles. The van der Waals surface area contributed by atoms with Crippen molar-refractivity contribution in [3.8, 4) is 5.75 Å². The van der Waals surface area contributed by atoms with E-state index in [1.165, 1.54) is 16.0 Å². The van der Waals surface area contributed by atoms with E-state index < -0.39 is 0 Å². The van der Waals surface area contributed by atoms with Crippen molar-refractivity contribution in [3.05, 3.63) is 59.7 Å². The maximum Gasteiger partial charge on any atom is 0.119 e. The van der Waals surface area contributed by atoms with Gasteiger partial charge in [-0.15, -0.1) is 11.8 Å². The quantitative estimate of drug-likeness (QED) is 0.781. The summed E-state index contributed by atoms with van der Waals surface area (Å²) in [6.07, 6.45) is 1.11. The molecule has 0 aromatic heterocycles. The minimum absolute atomic E-state index is 0.164. The highest BCUT2D eigenvalue weighted by molar-refractivity contribution is 8.00. The van der Waals surface area contributed by atoms with Gasteiger partial charge in [0.15, 0.2) is 0 Å². The van der Waals surface area contributed by atoms with Crippen LogP contribution in [0.3, 0.4) is 0 Å². The van der Waals surface area contributed by atoms with E-state index in [1.54, 1.807) is 0 Å². The van der Waals surface area contributed by atoms with Crippen molar-refractivity contribution in [2.75, 3.05) is 6.61 Å². The second-order valence-electron chi connectivity index (χ2n) is 6.64. The highest BCUT2D eigenvalue weighted by atomic mass is 32.2. The molecule has 1 nitrogen and oxygen atoms in total. The summed E-state index contributed by atoms with van der Waals surface area (Å²) >= 11 is 1.94. The molecule has 0 radical (unpaired) electrons. The first-order valence-corrected chi connectivity index (χ1v) is 8.38. The largest absolute Gasteiger partial charge is 0.492 e. The van der Waals surface area contributed by atoms with Crippen molar-refractivity contribution in [1.82, 2.24) is 0 Å². The minimum atomic E-state index is 0.164. The fraction of sp³-hybridized carbons (Fsp3) is 0.368. The van der Waals surface area contributed by atoms with E-state index in [9.17, 15) is 0 Å². The number of hydrogen-bond acceptors (Lipinski definition) is 2. The van der Waals surface area contributed by atoms with Gasteiger partial charge in [-0.3, -0.25) is 0 Å². The first-order chi connectivity index (χ1) is 10.0. The van der Waals surface area contributed by atoms with E-state index in [4.69, 9.17) is 4.74 Å². The van der Waals surface area contributed by atoms with Crippen molar-refractivity contribution < 1.29 is 4.74 Å². The molecule has 2 aromatic carbocycles. The first-order valence-electron chi connectivity index (χ1n) is 7.50. The third-order valence-electron chi connectivity index (χ3n) is 3.85. The fourth-order valence-electron chi connectivity index (χ4n) is 2.59. The van der Waals surface area contributed by atoms with Gasteiger partial charge in [0.1, 0.15) is 12.4 Å². The summed E-state index contributed by atoms with van der Waals surface area (Å²) in [6, 6.07) is 17.2. The van der Waals surface area contributed by atoms with Crippen molar-refractivity contribution in [1.29, 1.82) is 0 Å². The Labute approximate surface area is 131 Å². The molecule has 110 valence electrons. The van der Waals surface area contributed by atoms with Crippen molar-refractivity contribution >= 4 is 11.8 Å². The average Bonchev–Trinajstić information content (AvgIpc) is 2.87. The van der Waals surface area contributed by atoms with Crippen LogP contribution in [0.2, 0.25) is 0 Å². The van der Waals surface area contributed by atoms with E-state index in [0.29, 0.717) is 5.25 Å². The Kier molecular flexibility index (Phi) is 3.99. The van der Waals surface area contributed by atoms with Gasteiger partial charge in [-0.05, 0) is 41.2 Å². The van der Waals surface area contributed by atoms with E-state index in [2.05, 4.69) is 69.3 Å². The zero-order chi connectivity index (χ0) is 14.9. The summed E-state index contributed by atoms with van der Waals surface area (Å²) in [5.41, 5.74) is 2.94. The molecule has 0 N–H and O–H groups in total. The number of ether oxygens (including phenoxy) is 1. The van der Waals surface area contributed by atoms with Crippen LogP contribution in [0.5, 0.6) is 5.75 Å². The SMILES string of the molecule is CC(C)(C)c1cccc(OCC2Cc3ccccc3S2)c1. The second-order valence-corrected chi connectivity index (χ2v) is 7.98. The molecular weight excluding hydrogens is 276 g/mol. The normalized spacial score (nSPS) is 17.6. The molecule has 2 aromatic rings. The molecule has 0 spiro atoms. The third kappa shape index (κ3) is 3.44. The van der Waals surface area contributed by atoms with E-state index in [0.717, 1.165) is 18.8 Å². The van der Waals surface area contributed by atoms with Crippen LogP contribution in [0.25, 0.3) is 0 Å². The zero-order valence-electron chi connectivity index (χ0n) is 12.9. The van der Waals surface area contributed by atoms with Gasteiger partial charge in [0.25, 0.3) is 0 Å². The Bertz CT molecular complexity index is 602. The molecule has 0 aliphatic carbocycles. The molecule has 0 saturated carbocycles. The lowest BCUT2D eigenvalue weighted by molar-refractivity contribution is 0.316. The van der Waals surface area contributed by atoms with Crippen LogP contribution in [0.4, 0.5) is 0 Å². The van der Waals surface area contributed by atoms with E-state index in [1.807, 2.05) is 11.8 Å².